The summed E-state index contributed by atoms with van der Waals surface area (Å²) in [4.78, 5) is 16.7. The van der Waals surface area contributed by atoms with Crippen LogP contribution in [0.15, 0.2) is 41.6 Å². The molecule has 0 fully saturated rings. The van der Waals surface area contributed by atoms with Crippen LogP contribution >= 0.6 is 23.4 Å². The molecule has 9 heteroatoms. The van der Waals surface area contributed by atoms with Gasteiger partial charge in [-0.2, -0.15) is 0 Å². The number of ether oxygens (including phenoxy) is 1. The summed E-state index contributed by atoms with van der Waals surface area (Å²) in [6, 6.07) is 8.60. The van der Waals surface area contributed by atoms with Gasteiger partial charge in [-0.1, -0.05) is 23.4 Å². The average Bonchev–Trinajstić information content (AvgIpc) is 2.97. The highest BCUT2D eigenvalue weighted by Crippen LogP contribution is 2.26. The van der Waals surface area contributed by atoms with Crippen molar-refractivity contribution in [2.75, 3.05) is 24.8 Å². The smallest absolute Gasteiger partial charge is 0.234 e. The first-order chi connectivity index (χ1) is 13.0. The molecule has 0 saturated heterocycles. The molecule has 0 radical (unpaired) electrons. The van der Waals surface area contributed by atoms with Gasteiger partial charge in [0.25, 0.3) is 0 Å². The highest BCUT2D eigenvalue weighted by Gasteiger charge is 2.14. The molecule has 1 heterocycles. The van der Waals surface area contributed by atoms with Crippen LogP contribution in [0, 0.1) is 11.6 Å². The number of hydrogen-bond donors (Lipinski definition) is 1. The Labute approximate surface area is 163 Å². The van der Waals surface area contributed by atoms with E-state index in [4.69, 9.17) is 16.3 Å². The molecule has 0 aliphatic rings. The number of rotatable bonds is 7. The number of benzene rings is 2. The van der Waals surface area contributed by atoms with E-state index in [2.05, 4.69) is 10.3 Å². The van der Waals surface area contributed by atoms with Crippen molar-refractivity contribution >= 4 is 46.0 Å². The first-order valence-electron chi connectivity index (χ1n) is 8.00. The molecular weight excluding hydrogens is 396 g/mol. The van der Waals surface area contributed by atoms with Crippen molar-refractivity contribution in [1.29, 1.82) is 0 Å². The summed E-state index contributed by atoms with van der Waals surface area (Å²) in [6.07, 6.45) is 0. The zero-order valence-electron chi connectivity index (χ0n) is 14.3. The third kappa shape index (κ3) is 4.77. The second kappa shape index (κ2) is 8.69. The minimum atomic E-state index is -1.02. The van der Waals surface area contributed by atoms with Gasteiger partial charge in [-0.05, 0) is 30.3 Å². The van der Waals surface area contributed by atoms with Crippen LogP contribution in [0.4, 0.5) is 14.5 Å². The molecule has 27 heavy (non-hydrogen) atoms. The van der Waals surface area contributed by atoms with E-state index in [9.17, 15) is 13.6 Å². The molecule has 5 nitrogen and oxygen atoms in total. The van der Waals surface area contributed by atoms with Crippen LogP contribution in [0.5, 0.6) is 0 Å². The van der Waals surface area contributed by atoms with Crippen LogP contribution < -0.4 is 5.32 Å². The summed E-state index contributed by atoms with van der Waals surface area (Å²) in [5.41, 5.74) is 1.81. The van der Waals surface area contributed by atoms with Crippen molar-refractivity contribution in [2.24, 2.45) is 0 Å². The Hall–Kier alpha value is -2.16. The van der Waals surface area contributed by atoms with Crippen LogP contribution in [0.2, 0.25) is 5.02 Å². The van der Waals surface area contributed by atoms with Gasteiger partial charge in [0.1, 0.15) is 0 Å². The average molecular weight is 412 g/mol. The zero-order chi connectivity index (χ0) is 19.4. The fourth-order valence-electron chi connectivity index (χ4n) is 2.49. The fourth-order valence-corrected chi connectivity index (χ4v) is 3.50. The molecule has 2 aromatic carbocycles. The van der Waals surface area contributed by atoms with Gasteiger partial charge in [-0.25, -0.2) is 13.8 Å². The molecule has 0 bridgehead atoms. The summed E-state index contributed by atoms with van der Waals surface area (Å²) in [5, 5.41) is 3.76. The lowest BCUT2D eigenvalue weighted by Crippen LogP contribution is -2.15. The molecular formula is C18H16ClF2N3O2S. The van der Waals surface area contributed by atoms with Gasteiger partial charge in [0.2, 0.25) is 5.91 Å². The predicted molar refractivity (Wildman–Crippen MR) is 102 cm³/mol. The van der Waals surface area contributed by atoms with E-state index in [1.807, 2.05) is 10.6 Å². The van der Waals surface area contributed by atoms with E-state index in [1.54, 1.807) is 19.2 Å². The number of methoxy groups -OCH3 is 1. The maximum Gasteiger partial charge on any atom is 0.234 e. The standard InChI is InChI=1S/C18H16ClF2N3O2S/c1-26-7-6-24-16-5-2-11(19)8-15(16)23-18(24)27-10-17(25)22-12-3-4-13(20)14(21)9-12/h2-5,8-9H,6-7,10H2,1H3,(H,22,25). The molecule has 0 saturated carbocycles. The van der Waals surface area contributed by atoms with Gasteiger partial charge in [0, 0.05) is 30.4 Å². The van der Waals surface area contributed by atoms with E-state index >= 15 is 0 Å². The van der Waals surface area contributed by atoms with E-state index in [0.717, 1.165) is 23.2 Å². The molecule has 3 aromatic rings. The summed E-state index contributed by atoms with van der Waals surface area (Å²) in [7, 11) is 1.61. The zero-order valence-corrected chi connectivity index (χ0v) is 15.9. The normalized spacial score (nSPS) is 11.1. The Morgan fingerprint density at radius 1 is 1.26 bits per heavy atom. The number of nitrogens with one attached hydrogen (secondary N) is 1. The number of amides is 1. The van der Waals surface area contributed by atoms with Crippen molar-refractivity contribution in [3.05, 3.63) is 53.1 Å². The molecule has 0 spiro atoms. The topological polar surface area (TPSA) is 56.1 Å². The number of carbonyl (C=O) groups excluding carboxylic acids is 1. The summed E-state index contributed by atoms with van der Waals surface area (Å²) < 4.78 is 33.3. The maximum absolute atomic E-state index is 13.2. The molecule has 142 valence electrons. The van der Waals surface area contributed by atoms with Crippen molar-refractivity contribution in [3.63, 3.8) is 0 Å². The van der Waals surface area contributed by atoms with Crippen LogP contribution in [0.25, 0.3) is 11.0 Å². The second-order valence-corrected chi connectivity index (χ2v) is 7.02. The number of thioether (sulfide) groups is 1. The largest absolute Gasteiger partial charge is 0.383 e. The monoisotopic (exact) mass is 411 g/mol. The number of hydrogen-bond acceptors (Lipinski definition) is 4. The highest BCUT2D eigenvalue weighted by atomic mass is 35.5. The molecule has 0 unspecified atom stereocenters. The van der Waals surface area contributed by atoms with Crippen LogP contribution in [-0.2, 0) is 16.1 Å². The van der Waals surface area contributed by atoms with Gasteiger partial charge in [-0.3, -0.25) is 4.79 Å². The maximum atomic E-state index is 13.2. The van der Waals surface area contributed by atoms with Crippen molar-refractivity contribution in [2.45, 2.75) is 11.7 Å². The quantitative estimate of drug-likeness (QED) is 0.587. The van der Waals surface area contributed by atoms with Crippen LogP contribution in [0.1, 0.15) is 0 Å². The highest BCUT2D eigenvalue weighted by molar-refractivity contribution is 7.99. The number of imidazole rings is 1. The Morgan fingerprint density at radius 2 is 2.07 bits per heavy atom. The molecule has 1 amide bonds. The number of nitrogens with zero attached hydrogens (tertiary/aromatic N) is 2. The molecule has 0 atom stereocenters. The Bertz CT molecular complexity index is 981. The minimum absolute atomic E-state index is 0.0586. The van der Waals surface area contributed by atoms with Gasteiger partial charge < -0.3 is 14.6 Å². The first kappa shape index (κ1) is 19.6. The Kier molecular flexibility index (Phi) is 6.30. The Morgan fingerprint density at radius 3 is 2.81 bits per heavy atom. The van der Waals surface area contributed by atoms with Gasteiger partial charge in [0.05, 0.1) is 23.4 Å². The fraction of sp³-hybridized carbons (Fsp3) is 0.222. The summed E-state index contributed by atoms with van der Waals surface area (Å²) in [6.45, 7) is 1.06. The lowest BCUT2D eigenvalue weighted by molar-refractivity contribution is -0.113. The number of anilines is 1. The lowest BCUT2D eigenvalue weighted by atomic mass is 10.3. The molecule has 1 N–H and O–H groups in total. The Balaban J connectivity index is 1.73. The van der Waals surface area contributed by atoms with E-state index in [1.165, 1.54) is 17.8 Å². The number of halogens is 3. The lowest BCUT2D eigenvalue weighted by Gasteiger charge is -2.09. The van der Waals surface area contributed by atoms with E-state index < -0.39 is 11.6 Å². The molecule has 3 rings (SSSR count). The number of fused-ring (bicyclic) bond motifs is 1. The molecule has 0 aliphatic heterocycles. The SMILES string of the molecule is COCCn1c(SCC(=O)Nc2ccc(F)c(F)c2)nc2cc(Cl)ccc21. The van der Waals surface area contributed by atoms with Crippen molar-refractivity contribution in [3.8, 4) is 0 Å². The first-order valence-corrected chi connectivity index (χ1v) is 9.36. The van der Waals surface area contributed by atoms with E-state index in [0.29, 0.717) is 23.3 Å². The number of carbonyl (C=O) groups is 1. The van der Waals surface area contributed by atoms with E-state index in [-0.39, 0.29) is 17.3 Å². The van der Waals surface area contributed by atoms with Gasteiger partial charge in [0.15, 0.2) is 16.8 Å². The minimum Gasteiger partial charge on any atom is -0.383 e. The summed E-state index contributed by atoms with van der Waals surface area (Å²) >= 11 is 7.26. The predicted octanol–water partition coefficient (Wildman–Crippen LogP) is 4.35. The second-order valence-electron chi connectivity index (χ2n) is 5.64. The van der Waals surface area contributed by atoms with Gasteiger partial charge >= 0.3 is 0 Å². The van der Waals surface area contributed by atoms with Crippen LogP contribution in [-0.4, -0.2) is 34.9 Å². The third-order valence-corrected chi connectivity index (χ3v) is 4.94. The molecule has 0 aliphatic carbocycles. The van der Waals surface area contributed by atoms with Crippen molar-refractivity contribution in [1.82, 2.24) is 9.55 Å². The van der Waals surface area contributed by atoms with Crippen molar-refractivity contribution < 1.29 is 18.3 Å². The van der Waals surface area contributed by atoms with Gasteiger partial charge in [-0.15, -0.1) is 0 Å². The van der Waals surface area contributed by atoms with Crippen LogP contribution in [0.3, 0.4) is 0 Å². The summed E-state index contributed by atoms with van der Waals surface area (Å²) in [5.74, 6) is -2.27. The number of aromatic nitrogens is 2. The third-order valence-electron chi connectivity index (χ3n) is 3.73. The molecule has 1 aromatic heterocycles.